The van der Waals surface area contributed by atoms with Gasteiger partial charge in [0.1, 0.15) is 0 Å². The predicted molar refractivity (Wildman–Crippen MR) is 61.2 cm³/mol. The van der Waals surface area contributed by atoms with Gasteiger partial charge < -0.3 is 5.11 Å². The summed E-state index contributed by atoms with van der Waals surface area (Å²) >= 11 is 0. The fourth-order valence-corrected chi connectivity index (χ4v) is 2.21. The Bertz CT molecular complexity index is 217. The molecule has 80 valence electrons. The van der Waals surface area contributed by atoms with E-state index in [1.54, 1.807) is 0 Å². The zero-order valence-corrected chi connectivity index (χ0v) is 9.26. The van der Waals surface area contributed by atoms with Crippen molar-refractivity contribution in [3.05, 3.63) is 24.3 Å². The van der Waals surface area contributed by atoms with Crippen LogP contribution in [0.5, 0.6) is 0 Å². The van der Waals surface area contributed by atoms with Crippen molar-refractivity contribution in [3.8, 4) is 0 Å². The summed E-state index contributed by atoms with van der Waals surface area (Å²) in [4.78, 5) is 0. The molecular formula is C13H22O. The van der Waals surface area contributed by atoms with Crippen LogP contribution in [0.25, 0.3) is 0 Å². The normalized spacial score (nSPS) is 26.3. The number of hydrogen-bond donors (Lipinski definition) is 1. The molecule has 1 heteroatoms. The minimum absolute atomic E-state index is 0.546. The van der Waals surface area contributed by atoms with Crippen molar-refractivity contribution in [1.82, 2.24) is 0 Å². The van der Waals surface area contributed by atoms with Gasteiger partial charge in [-0.3, -0.25) is 0 Å². The SMILES string of the molecule is C=CC[C@]1(O)CCC=C1CCCCC. The predicted octanol–water partition coefficient (Wildman–Crippen LogP) is 3.59. The van der Waals surface area contributed by atoms with Gasteiger partial charge in [0.25, 0.3) is 0 Å². The molecule has 0 unspecified atom stereocenters. The van der Waals surface area contributed by atoms with Crippen LogP contribution in [0.1, 0.15) is 51.9 Å². The molecule has 0 saturated heterocycles. The zero-order chi connectivity index (χ0) is 10.4. The van der Waals surface area contributed by atoms with Gasteiger partial charge in [0.15, 0.2) is 0 Å². The standard InChI is InChI=1S/C13H22O/c1-3-5-6-8-12-9-7-11-13(12,14)10-4-2/h4,9,14H,2-3,5-8,10-11H2,1H3/t13-/m0/s1. The summed E-state index contributed by atoms with van der Waals surface area (Å²) in [7, 11) is 0. The van der Waals surface area contributed by atoms with Gasteiger partial charge >= 0.3 is 0 Å². The smallest absolute Gasteiger partial charge is 0.0893 e. The van der Waals surface area contributed by atoms with Gasteiger partial charge in [-0.2, -0.15) is 0 Å². The van der Waals surface area contributed by atoms with Gasteiger partial charge in [-0.05, 0) is 37.7 Å². The van der Waals surface area contributed by atoms with Crippen molar-refractivity contribution in [2.75, 3.05) is 0 Å². The molecule has 0 saturated carbocycles. The highest BCUT2D eigenvalue weighted by atomic mass is 16.3. The Morgan fingerprint density at radius 2 is 2.36 bits per heavy atom. The molecule has 1 rings (SSSR count). The molecule has 0 aromatic rings. The Balaban J connectivity index is 2.45. The van der Waals surface area contributed by atoms with Gasteiger partial charge in [0, 0.05) is 0 Å². The summed E-state index contributed by atoms with van der Waals surface area (Å²) < 4.78 is 0. The van der Waals surface area contributed by atoms with Crippen LogP contribution >= 0.6 is 0 Å². The van der Waals surface area contributed by atoms with Crippen molar-refractivity contribution in [1.29, 1.82) is 0 Å². The second kappa shape index (κ2) is 5.35. The summed E-state index contributed by atoms with van der Waals surface area (Å²) in [6.45, 7) is 5.92. The summed E-state index contributed by atoms with van der Waals surface area (Å²) in [5, 5.41) is 10.3. The van der Waals surface area contributed by atoms with E-state index in [-0.39, 0.29) is 0 Å². The molecule has 0 aromatic carbocycles. The first-order valence-corrected chi connectivity index (χ1v) is 5.75. The molecule has 1 aliphatic rings. The summed E-state index contributed by atoms with van der Waals surface area (Å²) in [6.07, 6.45) is 11.5. The van der Waals surface area contributed by atoms with E-state index < -0.39 is 5.60 Å². The van der Waals surface area contributed by atoms with Crippen LogP contribution in [-0.2, 0) is 0 Å². The molecule has 14 heavy (non-hydrogen) atoms. The van der Waals surface area contributed by atoms with E-state index in [1.165, 1.54) is 24.8 Å². The van der Waals surface area contributed by atoms with E-state index in [0.717, 1.165) is 19.3 Å². The molecular weight excluding hydrogens is 172 g/mol. The maximum absolute atomic E-state index is 10.3. The first kappa shape index (κ1) is 11.5. The third-order valence-electron chi connectivity index (χ3n) is 3.08. The second-order valence-corrected chi connectivity index (χ2v) is 4.25. The van der Waals surface area contributed by atoms with Gasteiger partial charge in [-0.1, -0.05) is 31.9 Å². The quantitative estimate of drug-likeness (QED) is 0.506. The topological polar surface area (TPSA) is 20.2 Å². The Hall–Kier alpha value is -0.560. The number of rotatable bonds is 6. The molecule has 0 fully saturated rings. The molecule has 0 radical (unpaired) electrons. The highest BCUT2D eigenvalue weighted by Gasteiger charge is 2.32. The van der Waals surface area contributed by atoms with Gasteiger partial charge in [-0.25, -0.2) is 0 Å². The zero-order valence-electron chi connectivity index (χ0n) is 9.26. The van der Waals surface area contributed by atoms with E-state index in [4.69, 9.17) is 0 Å². The third kappa shape index (κ3) is 2.71. The molecule has 1 atom stereocenters. The maximum atomic E-state index is 10.3. The summed E-state index contributed by atoms with van der Waals surface area (Å²) in [5.74, 6) is 0. The van der Waals surface area contributed by atoms with Gasteiger partial charge in [-0.15, -0.1) is 6.58 Å². The number of allylic oxidation sites excluding steroid dienone is 1. The van der Waals surface area contributed by atoms with Crippen molar-refractivity contribution in [3.63, 3.8) is 0 Å². The van der Waals surface area contributed by atoms with Crippen LogP contribution in [0.4, 0.5) is 0 Å². The molecule has 0 spiro atoms. The van der Waals surface area contributed by atoms with Crippen LogP contribution in [0.3, 0.4) is 0 Å². The Kier molecular flexibility index (Phi) is 4.40. The van der Waals surface area contributed by atoms with Crippen molar-refractivity contribution in [2.24, 2.45) is 0 Å². The lowest BCUT2D eigenvalue weighted by Gasteiger charge is -2.25. The van der Waals surface area contributed by atoms with Crippen LogP contribution in [0, 0.1) is 0 Å². The lowest BCUT2D eigenvalue weighted by molar-refractivity contribution is 0.0789. The van der Waals surface area contributed by atoms with E-state index in [2.05, 4.69) is 19.6 Å². The lowest BCUT2D eigenvalue weighted by Crippen LogP contribution is -2.27. The number of unbranched alkanes of at least 4 members (excludes halogenated alkanes) is 2. The monoisotopic (exact) mass is 194 g/mol. The van der Waals surface area contributed by atoms with E-state index in [9.17, 15) is 5.11 Å². The molecule has 1 N–H and O–H groups in total. The fraction of sp³-hybridized carbons (Fsp3) is 0.692. The minimum atomic E-state index is -0.546. The molecule has 1 aliphatic carbocycles. The molecule has 0 amide bonds. The van der Waals surface area contributed by atoms with Crippen LogP contribution < -0.4 is 0 Å². The van der Waals surface area contributed by atoms with Crippen molar-refractivity contribution >= 4 is 0 Å². The highest BCUT2D eigenvalue weighted by molar-refractivity contribution is 5.23. The van der Waals surface area contributed by atoms with E-state index in [0.29, 0.717) is 6.42 Å². The summed E-state index contributed by atoms with van der Waals surface area (Å²) in [6, 6.07) is 0. The van der Waals surface area contributed by atoms with Crippen LogP contribution in [0.2, 0.25) is 0 Å². The first-order chi connectivity index (χ1) is 6.73. The minimum Gasteiger partial charge on any atom is -0.385 e. The maximum Gasteiger partial charge on any atom is 0.0893 e. The molecule has 0 bridgehead atoms. The van der Waals surface area contributed by atoms with Crippen LogP contribution in [-0.4, -0.2) is 10.7 Å². The molecule has 0 heterocycles. The van der Waals surface area contributed by atoms with Crippen molar-refractivity contribution in [2.45, 2.75) is 57.5 Å². The first-order valence-electron chi connectivity index (χ1n) is 5.75. The average Bonchev–Trinajstić information content (AvgIpc) is 2.49. The largest absolute Gasteiger partial charge is 0.385 e. The molecule has 0 aliphatic heterocycles. The number of aliphatic hydroxyl groups is 1. The lowest BCUT2D eigenvalue weighted by atomic mass is 9.89. The molecule has 1 nitrogen and oxygen atoms in total. The average molecular weight is 194 g/mol. The second-order valence-electron chi connectivity index (χ2n) is 4.25. The van der Waals surface area contributed by atoms with Crippen molar-refractivity contribution < 1.29 is 5.11 Å². The highest BCUT2D eigenvalue weighted by Crippen LogP contribution is 2.36. The third-order valence-corrected chi connectivity index (χ3v) is 3.08. The van der Waals surface area contributed by atoms with E-state index >= 15 is 0 Å². The number of hydrogen-bond acceptors (Lipinski definition) is 1. The Morgan fingerprint density at radius 1 is 1.57 bits per heavy atom. The van der Waals surface area contributed by atoms with E-state index in [1.807, 2.05) is 6.08 Å². The van der Waals surface area contributed by atoms with Gasteiger partial charge in [0.2, 0.25) is 0 Å². The Morgan fingerprint density at radius 3 is 3.00 bits per heavy atom. The fourth-order valence-electron chi connectivity index (χ4n) is 2.21. The van der Waals surface area contributed by atoms with Gasteiger partial charge in [0.05, 0.1) is 5.60 Å². The Labute approximate surface area is 87.5 Å². The van der Waals surface area contributed by atoms with Crippen LogP contribution in [0.15, 0.2) is 24.3 Å². The summed E-state index contributed by atoms with van der Waals surface area (Å²) in [5.41, 5.74) is 0.709. The molecule has 0 aromatic heterocycles.